The Morgan fingerprint density at radius 1 is 0.457 bits per heavy atom. The van der Waals surface area contributed by atoms with Crippen LogP contribution in [-0.4, -0.2) is 14.5 Å². The molecule has 10 aromatic rings. The van der Waals surface area contributed by atoms with Gasteiger partial charge in [-0.2, -0.15) is 0 Å². The highest BCUT2D eigenvalue weighted by Crippen LogP contribution is 2.42. The fourth-order valence-electron chi connectivity index (χ4n) is 7.10. The van der Waals surface area contributed by atoms with Gasteiger partial charge in [-0.1, -0.05) is 127 Å². The van der Waals surface area contributed by atoms with E-state index < -0.39 is 0 Å². The van der Waals surface area contributed by atoms with Gasteiger partial charge in [-0.3, -0.25) is 4.57 Å². The van der Waals surface area contributed by atoms with Gasteiger partial charge in [-0.25, -0.2) is 9.97 Å². The van der Waals surface area contributed by atoms with E-state index in [0.717, 1.165) is 38.6 Å². The standard InChI is InChI=1S/C42H25N3S/c1-2-12-27(13-3-1)39-35-24-21-26-11-4-5-14-29(26)40(35)44-42(43-39)45-36-19-8-6-15-31(36)32-23-22-28(25-37(32)45)30-17-10-18-34-33-16-7-9-20-38(33)46-41(30)34/h1-25H. The number of rotatable bonds is 3. The summed E-state index contributed by atoms with van der Waals surface area (Å²) in [6.07, 6.45) is 0. The van der Waals surface area contributed by atoms with Crippen LogP contribution in [0.25, 0.3) is 92.0 Å². The van der Waals surface area contributed by atoms with Crippen LogP contribution in [0.2, 0.25) is 0 Å². The van der Waals surface area contributed by atoms with Crippen molar-refractivity contribution >= 4 is 75.0 Å². The van der Waals surface area contributed by atoms with Crippen LogP contribution in [0, 0.1) is 0 Å². The summed E-state index contributed by atoms with van der Waals surface area (Å²) in [4.78, 5) is 10.7. The molecule has 0 atom stereocenters. The highest BCUT2D eigenvalue weighted by molar-refractivity contribution is 7.26. The largest absolute Gasteiger partial charge is 0.278 e. The van der Waals surface area contributed by atoms with Gasteiger partial charge < -0.3 is 0 Å². The molecule has 3 aromatic heterocycles. The molecule has 0 aliphatic carbocycles. The van der Waals surface area contributed by atoms with E-state index in [1.165, 1.54) is 47.5 Å². The third-order valence-corrected chi connectivity index (χ3v) is 10.4. The molecule has 46 heavy (non-hydrogen) atoms. The predicted octanol–water partition coefficient (Wildman–Crippen LogP) is 11.6. The van der Waals surface area contributed by atoms with E-state index in [-0.39, 0.29) is 0 Å². The Morgan fingerprint density at radius 2 is 1.17 bits per heavy atom. The average Bonchev–Trinajstić information content (AvgIpc) is 3.67. The summed E-state index contributed by atoms with van der Waals surface area (Å²) in [6.45, 7) is 0. The van der Waals surface area contributed by atoms with Crippen LogP contribution in [0.5, 0.6) is 0 Å². The molecule has 0 radical (unpaired) electrons. The predicted molar refractivity (Wildman–Crippen MR) is 195 cm³/mol. The van der Waals surface area contributed by atoms with Crippen LogP contribution in [0.15, 0.2) is 152 Å². The van der Waals surface area contributed by atoms with Gasteiger partial charge >= 0.3 is 0 Å². The number of thiophene rings is 1. The zero-order chi connectivity index (χ0) is 30.2. The van der Waals surface area contributed by atoms with Crippen LogP contribution in [0.3, 0.4) is 0 Å². The van der Waals surface area contributed by atoms with Crippen molar-refractivity contribution in [1.29, 1.82) is 0 Å². The molecule has 10 rings (SSSR count). The van der Waals surface area contributed by atoms with Crippen LogP contribution >= 0.6 is 11.3 Å². The van der Waals surface area contributed by atoms with Gasteiger partial charge in [0.25, 0.3) is 0 Å². The Bertz CT molecular complexity index is 2810. The second kappa shape index (κ2) is 9.83. The molecule has 0 saturated heterocycles. The Balaban J connectivity index is 1.30. The Hall–Kier alpha value is -5.84. The summed E-state index contributed by atoms with van der Waals surface area (Å²) in [5, 5.41) is 8.32. The summed E-state index contributed by atoms with van der Waals surface area (Å²) < 4.78 is 4.88. The summed E-state index contributed by atoms with van der Waals surface area (Å²) in [5.41, 5.74) is 7.58. The quantitative estimate of drug-likeness (QED) is 0.188. The molecule has 214 valence electrons. The molecule has 0 aliphatic rings. The lowest BCUT2D eigenvalue weighted by Gasteiger charge is -2.13. The smallest absolute Gasteiger partial charge is 0.235 e. The SMILES string of the molecule is c1ccc(-c2nc(-n3c4ccccc4c4ccc(-c5cccc6c5sc5ccccc56)cc43)nc3c2ccc2ccccc23)cc1. The first-order valence-corrected chi connectivity index (χ1v) is 16.3. The van der Waals surface area contributed by atoms with Crippen LogP contribution in [0.4, 0.5) is 0 Å². The minimum atomic E-state index is 0.672. The summed E-state index contributed by atoms with van der Waals surface area (Å²) >= 11 is 1.86. The van der Waals surface area contributed by atoms with Crippen molar-refractivity contribution in [2.24, 2.45) is 0 Å². The molecule has 0 aliphatic heterocycles. The maximum Gasteiger partial charge on any atom is 0.235 e. The first kappa shape index (κ1) is 25.5. The van der Waals surface area contributed by atoms with Crippen molar-refractivity contribution in [2.45, 2.75) is 0 Å². The summed E-state index contributed by atoms with van der Waals surface area (Å²) in [5.74, 6) is 0.672. The number of hydrogen-bond acceptors (Lipinski definition) is 3. The van der Waals surface area contributed by atoms with Crippen molar-refractivity contribution in [3.63, 3.8) is 0 Å². The lowest BCUT2D eigenvalue weighted by molar-refractivity contribution is 1.02. The molecule has 0 saturated carbocycles. The number of hydrogen-bond donors (Lipinski definition) is 0. The van der Waals surface area contributed by atoms with Crippen molar-refractivity contribution in [3.8, 4) is 28.3 Å². The summed E-state index contributed by atoms with van der Waals surface area (Å²) in [6, 6.07) is 54.1. The van der Waals surface area contributed by atoms with Crippen LogP contribution in [0.1, 0.15) is 0 Å². The monoisotopic (exact) mass is 603 g/mol. The molecule has 3 heterocycles. The third-order valence-electron chi connectivity index (χ3n) is 9.22. The van der Waals surface area contributed by atoms with E-state index in [1.54, 1.807) is 0 Å². The van der Waals surface area contributed by atoms with Crippen LogP contribution < -0.4 is 0 Å². The zero-order valence-corrected chi connectivity index (χ0v) is 25.5. The topological polar surface area (TPSA) is 30.7 Å². The fraction of sp³-hybridized carbons (Fsp3) is 0. The number of benzene rings is 7. The van der Waals surface area contributed by atoms with E-state index in [9.17, 15) is 0 Å². The lowest BCUT2D eigenvalue weighted by atomic mass is 10.0. The minimum Gasteiger partial charge on any atom is -0.278 e. The number of fused-ring (bicyclic) bond motifs is 9. The maximum absolute atomic E-state index is 5.37. The Labute approximate surface area is 268 Å². The van der Waals surface area contributed by atoms with Gasteiger partial charge in [0.1, 0.15) is 0 Å². The number of aromatic nitrogens is 3. The fourth-order valence-corrected chi connectivity index (χ4v) is 8.33. The zero-order valence-electron chi connectivity index (χ0n) is 24.7. The van der Waals surface area contributed by atoms with E-state index in [0.29, 0.717) is 5.95 Å². The van der Waals surface area contributed by atoms with Crippen molar-refractivity contribution in [1.82, 2.24) is 14.5 Å². The van der Waals surface area contributed by atoms with Crippen molar-refractivity contribution in [3.05, 3.63) is 152 Å². The molecule has 0 bridgehead atoms. The van der Waals surface area contributed by atoms with Gasteiger partial charge in [0, 0.05) is 47.3 Å². The molecular weight excluding hydrogens is 579 g/mol. The Morgan fingerprint density at radius 3 is 2.09 bits per heavy atom. The maximum atomic E-state index is 5.37. The van der Waals surface area contributed by atoms with Gasteiger partial charge in [0.15, 0.2) is 0 Å². The lowest BCUT2D eigenvalue weighted by Crippen LogP contribution is -2.04. The van der Waals surface area contributed by atoms with Gasteiger partial charge in [-0.05, 0) is 40.8 Å². The Kier molecular flexibility index (Phi) is 5.45. The highest BCUT2D eigenvalue weighted by atomic mass is 32.1. The second-order valence-electron chi connectivity index (χ2n) is 11.8. The molecule has 0 spiro atoms. The second-order valence-corrected chi connectivity index (χ2v) is 12.8. The molecule has 0 fully saturated rings. The first-order valence-electron chi connectivity index (χ1n) is 15.5. The molecule has 0 unspecified atom stereocenters. The molecule has 4 heteroatoms. The molecule has 7 aromatic carbocycles. The van der Waals surface area contributed by atoms with E-state index in [1.807, 2.05) is 11.3 Å². The molecular formula is C42H25N3S. The number of para-hydroxylation sites is 1. The van der Waals surface area contributed by atoms with Crippen LogP contribution in [-0.2, 0) is 0 Å². The molecule has 0 N–H and O–H groups in total. The highest BCUT2D eigenvalue weighted by Gasteiger charge is 2.19. The van der Waals surface area contributed by atoms with Gasteiger partial charge in [-0.15, -0.1) is 11.3 Å². The van der Waals surface area contributed by atoms with Gasteiger partial charge in [0.2, 0.25) is 5.95 Å². The minimum absolute atomic E-state index is 0.672. The van der Waals surface area contributed by atoms with E-state index >= 15 is 0 Å². The van der Waals surface area contributed by atoms with Crippen molar-refractivity contribution in [2.75, 3.05) is 0 Å². The molecule has 3 nitrogen and oxygen atoms in total. The van der Waals surface area contributed by atoms with E-state index in [4.69, 9.17) is 9.97 Å². The number of nitrogens with zero attached hydrogens (tertiary/aromatic N) is 3. The first-order chi connectivity index (χ1) is 22.8. The molecule has 0 amide bonds. The van der Waals surface area contributed by atoms with Gasteiger partial charge in [0.05, 0.1) is 22.2 Å². The normalized spacial score (nSPS) is 11.9. The summed E-state index contributed by atoms with van der Waals surface area (Å²) in [7, 11) is 0. The van der Waals surface area contributed by atoms with Crippen molar-refractivity contribution < 1.29 is 0 Å². The van der Waals surface area contributed by atoms with E-state index in [2.05, 4.69) is 156 Å². The third kappa shape index (κ3) is 3.71. The average molecular weight is 604 g/mol.